The van der Waals surface area contributed by atoms with Crippen LogP contribution in [-0.2, 0) is 25.6 Å². The van der Waals surface area contributed by atoms with Gasteiger partial charge in [-0.1, -0.05) is 48.5 Å². The van der Waals surface area contributed by atoms with Gasteiger partial charge in [0.15, 0.2) is 12.4 Å². The third kappa shape index (κ3) is 3.50. The lowest BCUT2D eigenvalue weighted by molar-refractivity contribution is -0.242. The molecule has 26 heavy (non-hydrogen) atoms. The molecule has 2 bridgehead atoms. The summed E-state index contributed by atoms with van der Waals surface area (Å²) in [6, 6.07) is 18.3. The van der Waals surface area contributed by atoms with Crippen LogP contribution in [0.4, 0.5) is 0 Å². The first kappa shape index (κ1) is 17.2. The second kappa shape index (κ2) is 7.55. The van der Waals surface area contributed by atoms with Crippen molar-refractivity contribution in [3.8, 4) is 0 Å². The quantitative estimate of drug-likeness (QED) is 0.825. The number of ether oxygens (including phenoxy) is 4. The Bertz CT molecular complexity index is 734. The standard InChI is InChI=1S/C20H20O6/c21-16-18(23-11-13-7-3-1-4-8-13)17(15-12-24-20(16)25-15)26-19(22)14-9-5-2-6-10-14/h1-10,15-18,20-21H,11-12H2/t15-,16-,17+,18+,20-/m1/s1. The van der Waals surface area contributed by atoms with E-state index in [1.807, 2.05) is 36.4 Å². The lowest BCUT2D eigenvalue weighted by Crippen LogP contribution is -2.56. The Morgan fingerprint density at radius 2 is 1.73 bits per heavy atom. The van der Waals surface area contributed by atoms with E-state index in [0.717, 1.165) is 5.56 Å². The molecule has 2 fully saturated rings. The largest absolute Gasteiger partial charge is 0.453 e. The van der Waals surface area contributed by atoms with Crippen LogP contribution in [0.5, 0.6) is 0 Å². The summed E-state index contributed by atoms with van der Waals surface area (Å²) >= 11 is 0. The van der Waals surface area contributed by atoms with Gasteiger partial charge in [-0.05, 0) is 17.7 Å². The molecule has 5 atom stereocenters. The minimum Gasteiger partial charge on any atom is -0.453 e. The average molecular weight is 356 g/mol. The van der Waals surface area contributed by atoms with Gasteiger partial charge >= 0.3 is 5.97 Å². The van der Waals surface area contributed by atoms with Crippen molar-refractivity contribution in [2.24, 2.45) is 0 Å². The molecule has 136 valence electrons. The molecule has 0 amide bonds. The Kier molecular flexibility index (Phi) is 4.99. The highest BCUT2D eigenvalue weighted by Gasteiger charge is 2.52. The molecule has 0 aliphatic carbocycles. The van der Waals surface area contributed by atoms with Gasteiger partial charge in [-0.25, -0.2) is 4.79 Å². The highest BCUT2D eigenvalue weighted by Crippen LogP contribution is 2.32. The zero-order valence-electron chi connectivity index (χ0n) is 14.1. The SMILES string of the molecule is O=C(O[C@@H]1[C@@H](OCc2ccccc2)[C@@H](O)[C@@H]2OC[C@H]1O2)c1ccccc1. The maximum atomic E-state index is 12.5. The van der Waals surface area contributed by atoms with E-state index in [1.165, 1.54) is 0 Å². The Balaban J connectivity index is 1.50. The lowest BCUT2D eigenvalue weighted by Gasteiger charge is -2.37. The fraction of sp³-hybridized carbons (Fsp3) is 0.350. The van der Waals surface area contributed by atoms with Gasteiger partial charge in [0, 0.05) is 0 Å². The fourth-order valence-electron chi connectivity index (χ4n) is 3.22. The summed E-state index contributed by atoms with van der Waals surface area (Å²) in [6.07, 6.45) is -3.73. The van der Waals surface area contributed by atoms with Crippen LogP contribution in [0.25, 0.3) is 0 Å². The van der Waals surface area contributed by atoms with Crippen molar-refractivity contribution in [1.82, 2.24) is 0 Å². The van der Waals surface area contributed by atoms with E-state index in [-0.39, 0.29) is 6.61 Å². The number of fused-ring (bicyclic) bond motifs is 2. The van der Waals surface area contributed by atoms with Crippen LogP contribution in [0.3, 0.4) is 0 Å². The van der Waals surface area contributed by atoms with Crippen LogP contribution in [-0.4, -0.2) is 48.4 Å². The van der Waals surface area contributed by atoms with Crippen LogP contribution in [0.1, 0.15) is 15.9 Å². The molecular weight excluding hydrogens is 336 g/mol. The summed E-state index contributed by atoms with van der Waals surface area (Å²) in [6.45, 7) is 0.543. The summed E-state index contributed by atoms with van der Waals surface area (Å²) in [5.74, 6) is -0.481. The predicted molar refractivity (Wildman–Crippen MR) is 91.3 cm³/mol. The van der Waals surface area contributed by atoms with Crippen molar-refractivity contribution < 1.29 is 28.8 Å². The van der Waals surface area contributed by atoms with Gasteiger partial charge in [-0.2, -0.15) is 0 Å². The Labute approximate surface area is 151 Å². The van der Waals surface area contributed by atoms with E-state index in [1.54, 1.807) is 24.3 Å². The second-order valence-electron chi connectivity index (χ2n) is 6.36. The Hall–Kier alpha value is -2.25. The zero-order chi connectivity index (χ0) is 17.9. The second-order valence-corrected chi connectivity index (χ2v) is 6.36. The van der Waals surface area contributed by atoms with Gasteiger partial charge in [0.25, 0.3) is 0 Å². The van der Waals surface area contributed by atoms with E-state index >= 15 is 0 Å². The minimum atomic E-state index is -1.04. The number of hydrogen-bond acceptors (Lipinski definition) is 6. The van der Waals surface area contributed by atoms with E-state index in [4.69, 9.17) is 18.9 Å². The van der Waals surface area contributed by atoms with Gasteiger partial charge in [0.05, 0.1) is 18.8 Å². The summed E-state index contributed by atoms with van der Waals surface area (Å²) in [7, 11) is 0. The van der Waals surface area contributed by atoms with E-state index in [0.29, 0.717) is 12.2 Å². The lowest BCUT2D eigenvalue weighted by atomic mass is 10.00. The number of esters is 1. The molecule has 6 nitrogen and oxygen atoms in total. The molecule has 0 unspecified atom stereocenters. The summed E-state index contributed by atoms with van der Waals surface area (Å²) in [5.41, 5.74) is 1.40. The van der Waals surface area contributed by atoms with E-state index in [2.05, 4.69) is 0 Å². The molecule has 2 aromatic carbocycles. The fourth-order valence-corrected chi connectivity index (χ4v) is 3.22. The molecule has 2 aliphatic heterocycles. The minimum absolute atomic E-state index is 0.250. The van der Waals surface area contributed by atoms with Crippen LogP contribution in [0, 0.1) is 0 Å². The van der Waals surface area contributed by atoms with Crippen LogP contribution < -0.4 is 0 Å². The van der Waals surface area contributed by atoms with Gasteiger partial charge in [0.1, 0.15) is 18.3 Å². The third-order valence-electron chi connectivity index (χ3n) is 4.58. The van der Waals surface area contributed by atoms with Crippen molar-refractivity contribution in [3.63, 3.8) is 0 Å². The molecule has 0 spiro atoms. The van der Waals surface area contributed by atoms with E-state index in [9.17, 15) is 9.90 Å². The molecule has 0 radical (unpaired) electrons. The molecule has 6 heteroatoms. The molecular formula is C20H20O6. The van der Waals surface area contributed by atoms with Crippen LogP contribution in [0.2, 0.25) is 0 Å². The van der Waals surface area contributed by atoms with Gasteiger partial charge in [0.2, 0.25) is 0 Å². The molecule has 0 aromatic heterocycles. The van der Waals surface area contributed by atoms with Gasteiger partial charge in [-0.3, -0.25) is 0 Å². The smallest absolute Gasteiger partial charge is 0.338 e. The maximum Gasteiger partial charge on any atom is 0.338 e. The number of benzene rings is 2. The topological polar surface area (TPSA) is 74.2 Å². The average Bonchev–Trinajstić information content (AvgIpc) is 3.14. The van der Waals surface area contributed by atoms with Crippen molar-refractivity contribution in [1.29, 1.82) is 0 Å². The van der Waals surface area contributed by atoms with E-state index < -0.39 is 36.7 Å². The number of carbonyl (C=O) groups is 1. The third-order valence-corrected chi connectivity index (χ3v) is 4.58. The molecule has 4 rings (SSSR count). The first-order valence-electron chi connectivity index (χ1n) is 8.59. The number of rotatable bonds is 5. The summed E-state index contributed by atoms with van der Waals surface area (Å²) in [5, 5.41) is 10.5. The van der Waals surface area contributed by atoms with Crippen molar-refractivity contribution >= 4 is 5.97 Å². The number of aliphatic hydroxyl groups is 1. The molecule has 2 aliphatic rings. The highest BCUT2D eigenvalue weighted by atomic mass is 16.8. The predicted octanol–water partition coefficient (Wildman–Crippen LogP) is 1.91. The number of carbonyl (C=O) groups excluding carboxylic acids is 1. The zero-order valence-corrected chi connectivity index (χ0v) is 14.1. The Morgan fingerprint density at radius 1 is 1.04 bits per heavy atom. The Morgan fingerprint density at radius 3 is 2.46 bits per heavy atom. The number of hydrogen-bond donors (Lipinski definition) is 1. The van der Waals surface area contributed by atoms with Crippen LogP contribution in [0.15, 0.2) is 60.7 Å². The summed E-state index contributed by atoms with van der Waals surface area (Å²) < 4.78 is 22.6. The molecule has 2 heterocycles. The summed E-state index contributed by atoms with van der Waals surface area (Å²) in [4.78, 5) is 12.5. The monoisotopic (exact) mass is 356 g/mol. The first-order chi connectivity index (χ1) is 12.7. The number of aliphatic hydroxyl groups excluding tert-OH is 1. The highest BCUT2D eigenvalue weighted by molar-refractivity contribution is 5.89. The molecule has 2 saturated heterocycles. The van der Waals surface area contributed by atoms with Gasteiger partial charge in [-0.15, -0.1) is 0 Å². The maximum absolute atomic E-state index is 12.5. The molecule has 0 saturated carbocycles. The van der Waals surface area contributed by atoms with Crippen molar-refractivity contribution in [2.45, 2.75) is 37.3 Å². The van der Waals surface area contributed by atoms with Crippen molar-refractivity contribution in [2.75, 3.05) is 6.61 Å². The van der Waals surface area contributed by atoms with Crippen molar-refractivity contribution in [3.05, 3.63) is 71.8 Å². The molecule has 1 N–H and O–H groups in total. The molecule has 2 aromatic rings. The normalized spacial score (nSPS) is 30.1. The first-order valence-corrected chi connectivity index (χ1v) is 8.59. The van der Waals surface area contributed by atoms with Crippen LogP contribution >= 0.6 is 0 Å². The van der Waals surface area contributed by atoms with Gasteiger partial charge < -0.3 is 24.1 Å².